The van der Waals surface area contributed by atoms with Gasteiger partial charge < -0.3 is 15.0 Å². The van der Waals surface area contributed by atoms with Gasteiger partial charge in [-0.15, -0.1) is 0 Å². The van der Waals surface area contributed by atoms with Gasteiger partial charge >= 0.3 is 0 Å². The van der Waals surface area contributed by atoms with Crippen LogP contribution in [0.1, 0.15) is 24.0 Å². The maximum Gasteiger partial charge on any atom is 0.218 e. The minimum absolute atomic E-state index is 0.0210. The van der Waals surface area contributed by atoms with E-state index in [0.29, 0.717) is 32.8 Å². The molecule has 1 N–H and O–H groups in total. The van der Waals surface area contributed by atoms with E-state index < -0.39 is 10.0 Å². The second kappa shape index (κ2) is 8.83. The highest BCUT2D eigenvalue weighted by Gasteiger charge is 2.25. The van der Waals surface area contributed by atoms with Gasteiger partial charge in [0.1, 0.15) is 0 Å². The minimum atomic E-state index is -3.33. The van der Waals surface area contributed by atoms with Crippen LogP contribution in [-0.4, -0.2) is 70.0 Å². The zero-order valence-electron chi connectivity index (χ0n) is 15.4. The molecule has 0 aromatic heterocycles. The minimum Gasteiger partial charge on any atom is -0.379 e. The Morgan fingerprint density at radius 3 is 2.42 bits per heavy atom. The first-order chi connectivity index (χ1) is 12.6. The molecular formula is C18H28N4O3S. The molecule has 1 aromatic carbocycles. The number of hydrogen-bond acceptors (Lipinski definition) is 4. The molecule has 0 unspecified atom stereocenters. The van der Waals surface area contributed by atoms with Crippen molar-refractivity contribution >= 4 is 16.0 Å². The monoisotopic (exact) mass is 380 g/mol. The third-order valence-corrected chi connectivity index (χ3v) is 6.70. The number of nitrogens with one attached hydrogen (secondary N) is 1. The molecule has 3 rings (SSSR count). The van der Waals surface area contributed by atoms with Crippen LogP contribution < -0.4 is 5.32 Å². The zero-order valence-corrected chi connectivity index (χ0v) is 16.2. The quantitative estimate of drug-likeness (QED) is 0.610. The van der Waals surface area contributed by atoms with Crippen molar-refractivity contribution < 1.29 is 13.2 Å². The summed E-state index contributed by atoms with van der Waals surface area (Å²) in [5.41, 5.74) is 1.83. The average Bonchev–Trinajstić information content (AvgIpc) is 3.18. The number of nitrogens with zero attached hydrogens (tertiary/aromatic N) is 3. The number of sulfonamides is 1. The highest BCUT2D eigenvalue weighted by atomic mass is 32.2. The van der Waals surface area contributed by atoms with E-state index in [-0.39, 0.29) is 5.75 Å². The van der Waals surface area contributed by atoms with Crippen molar-refractivity contribution in [2.75, 3.05) is 46.4 Å². The van der Waals surface area contributed by atoms with Crippen LogP contribution in [0.15, 0.2) is 29.3 Å². The number of rotatable bonds is 5. The molecule has 8 heteroatoms. The lowest BCUT2D eigenvalue weighted by molar-refractivity contribution is 0.0729. The number of morpholine rings is 1. The largest absolute Gasteiger partial charge is 0.379 e. The van der Waals surface area contributed by atoms with Gasteiger partial charge in [0.25, 0.3) is 0 Å². The molecule has 0 spiro atoms. The van der Waals surface area contributed by atoms with Crippen LogP contribution in [0.5, 0.6) is 0 Å². The van der Waals surface area contributed by atoms with Gasteiger partial charge in [-0.1, -0.05) is 24.3 Å². The topological polar surface area (TPSA) is 74.2 Å². The van der Waals surface area contributed by atoms with E-state index in [1.54, 1.807) is 7.05 Å². The Balaban J connectivity index is 1.67. The lowest BCUT2D eigenvalue weighted by Crippen LogP contribution is -2.41. The molecule has 26 heavy (non-hydrogen) atoms. The standard InChI is InChI=1S/C18H28N4O3S/c1-19-18(21-8-4-5-9-21)20-14-16-6-2-3-7-17(16)15-26(23,24)22-10-12-25-13-11-22/h2-3,6-7H,4-5,8-15H2,1H3,(H,19,20). The molecule has 2 heterocycles. The van der Waals surface area contributed by atoms with Crippen molar-refractivity contribution in [1.82, 2.24) is 14.5 Å². The fourth-order valence-electron chi connectivity index (χ4n) is 3.42. The summed E-state index contributed by atoms with van der Waals surface area (Å²) in [7, 11) is -1.55. The van der Waals surface area contributed by atoms with Gasteiger partial charge in [-0.05, 0) is 24.0 Å². The van der Waals surface area contributed by atoms with Crippen molar-refractivity contribution in [3.05, 3.63) is 35.4 Å². The molecule has 7 nitrogen and oxygen atoms in total. The smallest absolute Gasteiger partial charge is 0.218 e. The predicted octanol–water partition coefficient (Wildman–Crippen LogP) is 1.02. The maximum atomic E-state index is 12.7. The third-order valence-electron chi connectivity index (χ3n) is 4.87. The van der Waals surface area contributed by atoms with E-state index in [0.717, 1.165) is 30.2 Å². The summed E-state index contributed by atoms with van der Waals surface area (Å²) >= 11 is 0. The van der Waals surface area contributed by atoms with Crippen LogP contribution in [0.3, 0.4) is 0 Å². The summed E-state index contributed by atoms with van der Waals surface area (Å²) in [5.74, 6) is 0.904. The second-order valence-electron chi connectivity index (χ2n) is 6.63. The van der Waals surface area contributed by atoms with Gasteiger partial charge in [0.05, 0.1) is 19.0 Å². The van der Waals surface area contributed by atoms with Gasteiger partial charge in [-0.25, -0.2) is 8.42 Å². The van der Waals surface area contributed by atoms with Gasteiger partial charge in [-0.3, -0.25) is 4.99 Å². The van der Waals surface area contributed by atoms with Crippen molar-refractivity contribution in [2.45, 2.75) is 25.1 Å². The first-order valence-corrected chi connectivity index (χ1v) is 10.8. The lowest BCUT2D eigenvalue weighted by Gasteiger charge is -2.26. The molecule has 2 aliphatic heterocycles. The first kappa shape index (κ1) is 19.1. The lowest BCUT2D eigenvalue weighted by atomic mass is 10.1. The highest BCUT2D eigenvalue weighted by Crippen LogP contribution is 2.17. The number of guanidine groups is 1. The molecule has 0 amide bonds. The van der Waals surface area contributed by atoms with Crippen LogP contribution in [0.2, 0.25) is 0 Å². The summed E-state index contributed by atoms with van der Waals surface area (Å²) < 4.78 is 32.2. The molecule has 2 fully saturated rings. The van der Waals surface area contributed by atoms with Crippen LogP contribution in [0, 0.1) is 0 Å². The van der Waals surface area contributed by atoms with Crippen LogP contribution in [0.25, 0.3) is 0 Å². The summed E-state index contributed by atoms with van der Waals surface area (Å²) in [6.45, 7) is 4.41. The summed E-state index contributed by atoms with van der Waals surface area (Å²) in [6, 6.07) is 7.71. The molecule has 0 bridgehead atoms. The Labute approximate surface area is 156 Å². The van der Waals surface area contributed by atoms with Crippen molar-refractivity contribution in [3.63, 3.8) is 0 Å². The number of likely N-dealkylation sites (tertiary alicyclic amines) is 1. The number of hydrogen-bond donors (Lipinski definition) is 1. The highest BCUT2D eigenvalue weighted by molar-refractivity contribution is 7.88. The van der Waals surface area contributed by atoms with E-state index in [1.807, 2.05) is 24.3 Å². The molecule has 2 aliphatic rings. The molecule has 1 aromatic rings. The number of aliphatic imine (C=N–C) groups is 1. The molecule has 0 radical (unpaired) electrons. The first-order valence-electron chi connectivity index (χ1n) is 9.18. The molecule has 0 aliphatic carbocycles. The summed E-state index contributed by atoms with van der Waals surface area (Å²) in [5, 5.41) is 3.38. The Hall–Kier alpha value is -1.64. The second-order valence-corrected chi connectivity index (χ2v) is 8.60. The molecule has 144 valence electrons. The Bertz CT molecular complexity index is 724. The van der Waals surface area contributed by atoms with Crippen molar-refractivity contribution in [2.24, 2.45) is 4.99 Å². The maximum absolute atomic E-state index is 12.7. The van der Waals surface area contributed by atoms with Gasteiger partial charge in [0.2, 0.25) is 10.0 Å². The van der Waals surface area contributed by atoms with Gasteiger partial charge in [0.15, 0.2) is 5.96 Å². The SMILES string of the molecule is CN=C(NCc1ccccc1CS(=O)(=O)N1CCOCC1)N1CCCC1. The van der Waals surface area contributed by atoms with E-state index in [4.69, 9.17) is 4.74 Å². The Kier molecular flexibility index (Phi) is 6.50. The van der Waals surface area contributed by atoms with Crippen molar-refractivity contribution in [1.29, 1.82) is 0 Å². The van der Waals surface area contributed by atoms with Gasteiger partial charge in [-0.2, -0.15) is 4.31 Å². The Morgan fingerprint density at radius 1 is 1.12 bits per heavy atom. The predicted molar refractivity (Wildman–Crippen MR) is 102 cm³/mol. The number of ether oxygens (including phenoxy) is 1. The third kappa shape index (κ3) is 4.75. The van der Waals surface area contributed by atoms with Crippen LogP contribution in [0.4, 0.5) is 0 Å². The molecular weight excluding hydrogens is 352 g/mol. The summed E-state index contributed by atoms with van der Waals surface area (Å²) in [6.07, 6.45) is 2.38. The molecule has 2 saturated heterocycles. The molecule has 0 atom stereocenters. The fraction of sp³-hybridized carbons (Fsp3) is 0.611. The molecule has 0 saturated carbocycles. The van der Waals surface area contributed by atoms with E-state index in [2.05, 4.69) is 15.2 Å². The average molecular weight is 381 g/mol. The van der Waals surface area contributed by atoms with E-state index >= 15 is 0 Å². The van der Waals surface area contributed by atoms with Crippen LogP contribution in [-0.2, 0) is 27.1 Å². The number of benzene rings is 1. The van der Waals surface area contributed by atoms with Gasteiger partial charge in [0, 0.05) is 39.8 Å². The normalized spacial score (nSPS) is 19.7. The van der Waals surface area contributed by atoms with E-state index in [1.165, 1.54) is 17.1 Å². The fourth-order valence-corrected chi connectivity index (χ4v) is 4.98. The Morgan fingerprint density at radius 2 is 1.77 bits per heavy atom. The summed E-state index contributed by atoms with van der Waals surface area (Å²) in [4.78, 5) is 6.60. The van der Waals surface area contributed by atoms with Crippen LogP contribution >= 0.6 is 0 Å². The van der Waals surface area contributed by atoms with Crippen molar-refractivity contribution in [3.8, 4) is 0 Å². The van der Waals surface area contributed by atoms with E-state index in [9.17, 15) is 8.42 Å². The zero-order chi connectivity index (χ0) is 18.4.